The highest BCUT2D eigenvalue weighted by Gasteiger charge is 2.21. The molecule has 1 rings (SSSR count). The van der Waals surface area contributed by atoms with Crippen LogP contribution in [0.2, 0.25) is 0 Å². The van der Waals surface area contributed by atoms with Gasteiger partial charge in [-0.1, -0.05) is 37.5 Å². The second-order valence-electron chi connectivity index (χ2n) is 7.04. The van der Waals surface area contributed by atoms with Gasteiger partial charge in [0.25, 0.3) is 5.96 Å². The molecule has 30 heavy (non-hydrogen) atoms. The van der Waals surface area contributed by atoms with Gasteiger partial charge in [-0.2, -0.15) is 0 Å². The second-order valence-corrected chi connectivity index (χ2v) is 8.21. The highest BCUT2D eigenvalue weighted by Crippen LogP contribution is 2.12. The molecule has 1 aromatic carbocycles. The molecule has 0 heterocycles. The molecule has 0 saturated heterocycles. The zero-order valence-corrected chi connectivity index (χ0v) is 19.2. The first-order valence-electron chi connectivity index (χ1n) is 9.57. The largest absolute Gasteiger partial charge is 0.352 e. The van der Waals surface area contributed by atoms with Crippen LogP contribution in [0.25, 0.3) is 0 Å². The lowest BCUT2D eigenvalue weighted by Crippen LogP contribution is -2.47. The number of nitrogens with one attached hydrogen (secondary N) is 5. The fourth-order valence-corrected chi connectivity index (χ4v) is 3.05. The van der Waals surface area contributed by atoms with E-state index in [1.54, 1.807) is 12.0 Å². The number of amides is 2. The molecule has 5 N–H and O–H groups in total. The van der Waals surface area contributed by atoms with Gasteiger partial charge in [-0.05, 0) is 59.4 Å². The van der Waals surface area contributed by atoms with Crippen molar-refractivity contribution < 1.29 is 14.6 Å². The molecule has 165 valence electrons. The summed E-state index contributed by atoms with van der Waals surface area (Å²) in [5.41, 5.74) is 2.57. The van der Waals surface area contributed by atoms with Crippen molar-refractivity contribution in [3.05, 3.63) is 50.1 Å². The molecule has 0 unspecified atom stereocenters. The summed E-state index contributed by atoms with van der Waals surface area (Å²) in [6, 6.07) is 6.78. The van der Waals surface area contributed by atoms with Gasteiger partial charge in [-0.15, -0.1) is 0 Å². The van der Waals surface area contributed by atoms with E-state index < -0.39 is 17.0 Å². The number of carbonyl (C=O) groups is 2. The maximum Gasteiger partial charge on any atom is 0.251 e. The average Bonchev–Trinajstić information content (AvgIpc) is 2.65. The van der Waals surface area contributed by atoms with E-state index in [9.17, 15) is 19.7 Å². The Balaban J connectivity index is 2.61. The van der Waals surface area contributed by atoms with Gasteiger partial charge in [-0.3, -0.25) is 15.0 Å². The predicted molar refractivity (Wildman–Crippen MR) is 122 cm³/mol. The number of carbonyl (C=O) groups excluding carboxylic acids is 2. The van der Waals surface area contributed by atoms with Crippen LogP contribution in [0.15, 0.2) is 24.3 Å². The maximum absolute atomic E-state index is 12.5. The Hall–Kier alpha value is -2.44. The molecular formula is C19H28IN6O4. The lowest BCUT2D eigenvalue weighted by Gasteiger charge is -2.19. The van der Waals surface area contributed by atoms with Crippen LogP contribution in [-0.2, 0) is 16.0 Å². The zero-order chi connectivity index (χ0) is 22.5. The normalized spacial score (nSPS) is 11.5. The van der Waals surface area contributed by atoms with Crippen molar-refractivity contribution in [2.45, 2.75) is 45.6 Å². The van der Waals surface area contributed by atoms with E-state index in [4.69, 9.17) is 5.41 Å². The second kappa shape index (κ2) is 13.7. The summed E-state index contributed by atoms with van der Waals surface area (Å²) in [5.74, 6) is -0.624. The van der Waals surface area contributed by atoms with E-state index in [-0.39, 0.29) is 24.8 Å². The van der Waals surface area contributed by atoms with Crippen molar-refractivity contribution in [1.29, 1.82) is 5.41 Å². The van der Waals surface area contributed by atoms with E-state index in [2.05, 4.69) is 38.5 Å². The first-order valence-corrected chi connectivity index (χ1v) is 10.6. The van der Waals surface area contributed by atoms with Gasteiger partial charge in [0, 0.05) is 16.7 Å². The van der Waals surface area contributed by atoms with Gasteiger partial charge < -0.3 is 16.0 Å². The zero-order valence-electron chi connectivity index (χ0n) is 17.0. The Kier molecular flexibility index (Phi) is 11.7. The van der Waals surface area contributed by atoms with Crippen LogP contribution in [0.4, 0.5) is 0 Å². The number of benzene rings is 1. The van der Waals surface area contributed by atoms with Gasteiger partial charge in [0.05, 0.1) is 6.42 Å². The number of halogens is 1. The van der Waals surface area contributed by atoms with Crippen LogP contribution < -0.4 is 21.4 Å². The standard InChI is InChI=1S/C19H28IN6O4/c1-13(2)9-11-22-18(28)16(8-5-10-23-19(21)25-26(29)30)24-17(27)12-14-6-3-4-7-15(14)20/h3-4,6-7,11,13,16H,5,8-10,12H2,1-2H3,(H,22,28)(H,24,27)(H3,21,23,25)/t16-/m0/s1. The molecule has 0 aromatic heterocycles. The lowest BCUT2D eigenvalue weighted by molar-refractivity contribution is -0.525. The third-order valence-corrected chi connectivity index (χ3v) is 5.02. The van der Waals surface area contributed by atoms with Crippen LogP contribution in [0, 0.1) is 31.6 Å². The van der Waals surface area contributed by atoms with Crippen LogP contribution in [0.5, 0.6) is 0 Å². The van der Waals surface area contributed by atoms with Gasteiger partial charge in [0.15, 0.2) is 5.03 Å². The van der Waals surface area contributed by atoms with Crippen molar-refractivity contribution in [2.24, 2.45) is 5.92 Å². The summed E-state index contributed by atoms with van der Waals surface area (Å²) >= 11 is 2.16. The van der Waals surface area contributed by atoms with E-state index in [0.29, 0.717) is 25.2 Å². The van der Waals surface area contributed by atoms with Crippen LogP contribution in [0.3, 0.4) is 0 Å². The Morgan fingerprint density at radius 3 is 2.63 bits per heavy atom. The fraction of sp³-hybridized carbons (Fsp3) is 0.474. The Morgan fingerprint density at radius 2 is 2.00 bits per heavy atom. The highest BCUT2D eigenvalue weighted by atomic mass is 127. The first kappa shape index (κ1) is 25.6. The minimum absolute atomic E-state index is 0.161. The molecule has 1 atom stereocenters. The maximum atomic E-state index is 12.5. The van der Waals surface area contributed by atoms with E-state index >= 15 is 0 Å². The van der Waals surface area contributed by atoms with Gasteiger partial charge in [0.2, 0.25) is 11.8 Å². The number of hydrogen-bond donors (Lipinski definition) is 5. The SMILES string of the molecule is CC(C)C[CH]NC(=O)[C@H](CCCNC(=N)N[N+](=O)[O-])NC(=O)Cc1ccccc1I. The molecule has 0 saturated carbocycles. The topological polar surface area (TPSA) is 149 Å². The van der Waals surface area contributed by atoms with Crippen molar-refractivity contribution in [3.63, 3.8) is 0 Å². The number of nitro groups is 1. The van der Waals surface area contributed by atoms with Gasteiger partial charge in [0.1, 0.15) is 6.04 Å². The molecule has 0 spiro atoms. The summed E-state index contributed by atoms with van der Waals surface area (Å²) in [7, 11) is 0. The summed E-state index contributed by atoms with van der Waals surface area (Å²) in [4.78, 5) is 35.3. The van der Waals surface area contributed by atoms with Crippen LogP contribution in [0.1, 0.15) is 38.7 Å². The van der Waals surface area contributed by atoms with E-state index in [1.165, 1.54) is 0 Å². The van der Waals surface area contributed by atoms with Crippen molar-refractivity contribution in [2.75, 3.05) is 6.54 Å². The van der Waals surface area contributed by atoms with Crippen molar-refractivity contribution in [3.8, 4) is 0 Å². The number of hydrogen-bond acceptors (Lipinski definition) is 5. The Bertz CT molecular complexity index is 743. The number of hydrazine groups is 1. The predicted octanol–water partition coefficient (Wildman–Crippen LogP) is 1.73. The molecule has 1 radical (unpaired) electrons. The quantitative estimate of drug-likeness (QED) is 0.0693. The molecule has 1 aromatic rings. The molecule has 11 heteroatoms. The monoisotopic (exact) mass is 531 g/mol. The van der Waals surface area contributed by atoms with E-state index in [1.807, 2.05) is 38.1 Å². The third-order valence-electron chi connectivity index (χ3n) is 3.97. The molecular weight excluding hydrogens is 503 g/mol. The first-order chi connectivity index (χ1) is 14.2. The molecule has 0 fully saturated rings. The fourth-order valence-electron chi connectivity index (χ4n) is 2.48. The molecule has 0 aliphatic rings. The minimum atomic E-state index is -0.832. The van der Waals surface area contributed by atoms with Gasteiger partial charge in [-0.25, -0.2) is 10.1 Å². The molecule has 0 bridgehead atoms. The lowest BCUT2D eigenvalue weighted by atomic mass is 10.1. The van der Waals surface area contributed by atoms with Gasteiger partial charge >= 0.3 is 0 Å². The smallest absolute Gasteiger partial charge is 0.251 e. The summed E-state index contributed by atoms with van der Waals surface area (Å²) in [6.45, 7) is 5.98. The average molecular weight is 531 g/mol. The molecule has 0 aliphatic carbocycles. The summed E-state index contributed by atoms with van der Waals surface area (Å²) < 4.78 is 0.970. The van der Waals surface area contributed by atoms with Crippen molar-refractivity contribution >= 4 is 40.4 Å². The highest BCUT2D eigenvalue weighted by molar-refractivity contribution is 14.1. The van der Waals surface area contributed by atoms with E-state index in [0.717, 1.165) is 9.13 Å². The van der Waals surface area contributed by atoms with Crippen LogP contribution in [-0.4, -0.2) is 35.4 Å². The number of rotatable bonds is 12. The Labute approximate surface area is 189 Å². The summed E-state index contributed by atoms with van der Waals surface area (Å²) in [6.07, 6.45) is 1.61. The summed E-state index contributed by atoms with van der Waals surface area (Å²) in [5, 5.41) is 24.9. The van der Waals surface area contributed by atoms with Crippen molar-refractivity contribution in [1.82, 2.24) is 21.4 Å². The molecule has 0 aliphatic heterocycles. The Morgan fingerprint density at radius 1 is 1.30 bits per heavy atom. The number of nitrogens with zero attached hydrogens (tertiary/aromatic N) is 1. The van der Waals surface area contributed by atoms with Crippen LogP contribution >= 0.6 is 22.6 Å². The molecule has 10 nitrogen and oxygen atoms in total. The minimum Gasteiger partial charge on any atom is -0.352 e. The number of guanidine groups is 1. The molecule has 2 amide bonds. The third kappa shape index (κ3) is 10.9.